The molecular weight excluding hydrogens is 358 g/mol. The molecule has 0 saturated carbocycles. The first-order valence-corrected chi connectivity index (χ1v) is 9.36. The van der Waals surface area contributed by atoms with Crippen LogP contribution in [0.2, 0.25) is 0 Å². The van der Waals surface area contributed by atoms with Crippen molar-refractivity contribution in [3.05, 3.63) is 45.9 Å². The van der Waals surface area contributed by atoms with Crippen molar-refractivity contribution in [3.63, 3.8) is 0 Å². The molecule has 1 heterocycles. The Kier molecular flexibility index (Phi) is 7.77. The van der Waals surface area contributed by atoms with Crippen molar-refractivity contribution in [1.82, 2.24) is 15.6 Å². The summed E-state index contributed by atoms with van der Waals surface area (Å²) < 4.78 is 29.5. The van der Waals surface area contributed by atoms with Crippen LogP contribution in [-0.2, 0) is 13.1 Å². The maximum absolute atomic E-state index is 12.5. The van der Waals surface area contributed by atoms with E-state index in [2.05, 4.69) is 44.6 Å². The quantitative estimate of drug-likeness (QED) is 0.533. The SMILES string of the molecule is CCNC(=NCc1ccccc1OC(F)F)NCc1nc(C(C)C)cs1. The molecule has 0 unspecified atom stereocenters. The van der Waals surface area contributed by atoms with E-state index >= 15 is 0 Å². The van der Waals surface area contributed by atoms with Gasteiger partial charge in [-0.1, -0.05) is 32.0 Å². The Balaban J connectivity index is 2.02. The van der Waals surface area contributed by atoms with Crippen molar-refractivity contribution in [2.75, 3.05) is 6.54 Å². The van der Waals surface area contributed by atoms with Gasteiger partial charge in [0.05, 0.1) is 18.8 Å². The van der Waals surface area contributed by atoms with E-state index in [0.717, 1.165) is 10.7 Å². The van der Waals surface area contributed by atoms with Crippen LogP contribution in [0.4, 0.5) is 8.78 Å². The number of para-hydroxylation sites is 1. The monoisotopic (exact) mass is 382 g/mol. The third-order valence-corrected chi connectivity index (χ3v) is 4.38. The largest absolute Gasteiger partial charge is 0.434 e. The average molecular weight is 382 g/mol. The Morgan fingerprint density at radius 2 is 2.04 bits per heavy atom. The van der Waals surface area contributed by atoms with Crippen LogP contribution < -0.4 is 15.4 Å². The molecule has 0 aliphatic rings. The molecule has 5 nitrogen and oxygen atoms in total. The maximum atomic E-state index is 12.5. The van der Waals surface area contributed by atoms with Crippen LogP contribution in [-0.4, -0.2) is 24.1 Å². The van der Waals surface area contributed by atoms with Gasteiger partial charge in [-0.3, -0.25) is 0 Å². The van der Waals surface area contributed by atoms with Gasteiger partial charge in [0, 0.05) is 17.5 Å². The van der Waals surface area contributed by atoms with Gasteiger partial charge in [-0.25, -0.2) is 9.98 Å². The first-order valence-electron chi connectivity index (χ1n) is 8.48. The second-order valence-corrected chi connectivity index (χ2v) is 6.80. The molecule has 1 aromatic carbocycles. The molecular formula is C18H24F2N4OS. The number of nitrogens with zero attached hydrogens (tertiary/aromatic N) is 2. The van der Waals surface area contributed by atoms with Gasteiger partial charge >= 0.3 is 6.61 Å². The van der Waals surface area contributed by atoms with Crippen molar-refractivity contribution in [3.8, 4) is 5.75 Å². The highest BCUT2D eigenvalue weighted by molar-refractivity contribution is 7.09. The fourth-order valence-electron chi connectivity index (χ4n) is 2.18. The molecule has 0 saturated heterocycles. The van der Waals surface area contributed by atoms with Crippen LogP contribution in [0, 0.1) is 0 Å². The van der Waals surface area contributed by atoms with Crippen molar-refractivity contribution in [2.45, 2.75) is 46.4 Å². The highest BCUT2D eigenvalue weighted by Crippen LogP contribution is 2.21. The van der Waals surface area contributed by atoms with Gasteiger partial charge in [0.2, 0.25) is 0 Å². The Morgan fingerprint density at radius 1 is 1.27 bits per heavy atom. The number of aliphatic imine (C=N–C) groups is 1. The molecule has 2 rings (SSSR count). The molecule has 142 valence electrons. The zero-order valence-electron chi connectivity index (χ0n) is 15.1. The zero-order valence-corrected chi connectivity index (χ0v) is 15.9. The standard InChI is InChI=1S/C18H24F2N4OS/c1-4-21-18(23-10-16-24-14(11-26-16)12(2)3)22-9-13-7-5-6-8-15(13)25-17(19)20/h5-8,11-12,17H,4,9-10H2,1-3H3,(H2,21,22,23). The van der Waals surface area contributed by atoms with E-state index in [1.807, 2.05) is 6.92 Å². The molecule has 2 aromatic rings. The van der Waals surface area contributed by atoms with Gasteiger partial charge in [0.15, 0.2) is 5.96 Å². The van der Waals surface area contributed by atoms with Crippen LogP contribution in [0.25, 0.3) is 0 Å². The van der Waals surface area contributed by atoms with Crippen LogP contribution in [0.5, 0.6) is 5.75 Å². The number of benzene rings is 1. The number of ether oxygens (including phenoxy) is 1. The fraction of sp³-hybridized carbons (Fsp3) is 0.444. The topological polar surface area (TPSA) is 58.5 Å². The molecule has 0 fully saturated rings. The van der Waals surface area contributed by atoms with E-state index in [4.69, 9.17) is 0 Å². The molecule has 2 N–H and O–H groups in total. The van der Waals surface area contributed by atoms with E-state index in [1.165, 1.54) is 6.07 Å². The second-order valence-electron chi connectivity index (χ2n) is 5.86. The fourth-order valence-corrected chi connectivity index (χ4v) is 3.08. The third kappa shape index (κ3) is 6.25. The minimum absolute atomic E-state index is 0.142. The van der Waals surface area contributed by atoms with Crippen LogP contribution >= 0.6 is 11.3 Å². The summed E-state index contributed by atoms with van der Waals surface area (Å²) in [5, 5.41) is 9.39. The Labute approximate surface area is 156 Å². The van der Waals surface area contributed by atoms with Gasteiger partial charge in [-0.2, -0.15) is 8.78 Å². The normalized spacial score (nSPS) is 11.9. The summed E-state index contributed by atoms with van der Waals surface area (Å²) in [7, 11) is 0. The Hall–Kier alpha value is -2.22. The summed E-state index contributed by atoms with van der Waals surface area (Å²) in [5.41, 5.74) is 1.67. The molecule has 1 aromatic heterocycles. The van der Waals surface area contributed by atoms with E-state index in [9.17, 15) is 8.78 Å². The summed E-state index contributed by atoms with van der Waals surface area (Å²) in [6, 6.07) is 6.66. The number of thiazole rings is 1. The molecule has 26 heavy (non-hydrogen) atoms. The van der Waals surface area contributed by atoms with E-state index in [1.54, 1.807) is 29.5 Å². The predicted molar refractivity (Wildman–Crippen MR) is 101 cm³/mol. The molecule has 0 amide bonds. The number of halogens is 2. The summed E-state index contributed by atoms with van der Waals surface area (Å²) in [6.07, 6.45) is 0. The number of aromatic nitrogens is 1. The maximum Gasteiger partial charge on any atom is 0.387 e. The molecule has 0 aliphatic heterocycles. The number of hydrogen-bond donors (Lipinski definition) is 2. The highest BCUT2D eigenvalue weighted by Gasteiger charge is 2.10. The lowest BCUT2D eigenvalue weighted by Crippen LogP contribution is -2.36. The minimum atomic E-state index is -2.86. The van der Waals surface area contributed by atoms with E-state index < -0.39 is 6.61 Å². The first kappa shape index (κ1) is 20.1. The number of nitrogens with one attached hydrogen (secondary N) is 2. The molecule has 0 spiro atoms. The van der Waals surface area contributed by atoms with Crippen LogP contribution in [0.3, 0.4) is 0 Å². The lowest BCUT2D eigenvalue weighted by molar-refractivity contribution is -0.0504. The molecule has 0 bridgehead atoms. The van der Waals surface area contributed by atoms with Gasteiger partial charge < -0.3 is 15.4 Å². The van der Waals surface area contributed by atoms with Crippen molar-refractivity contribution in [2.24, 2.45) is 4.99 Å². The molecule has 8 heteroatoms. The van der Waals surface area contributed by atoms with E-state index in [0.29, 0.717) is 30.5 Å². The predicted octanol–water partition coefficient (Wildman–Crippen LogP) is 4.12. The summed E-state index contributed by atoms with van der Waals surface area (Å²) in [6.45, 7) is 4.80. The van der Waals surface area contributed by atoms with Crippen molar-refractivity contribution < 1.29 is 13.5 Å². The smallest absolute Gasteiger partial charge is 0.387 e. The number of rotatable bonds is 8. The van der Waals surface area contributed by atoms with Crippen molar-refractivity contribution in [1.29, 1.82) is 0 Å². The van der Waals surface area contributed by atoms with Gasteiger partial charge in [0.1, 0.15) is 10.8 Å². The zero-order chi connectivity index (χ0) is 18.9. The molecule has 0 atom stereocenters. The van der Waals surface area contributed by atoms with Gasteiger partial charge in [-0.05, 0) is 18.9 Å². The van der Waals surface area contributed by atoms with Crippen LogP contribution in [0.1, 0.15) is 43.0 Å². The Morgan fingerprint density at radius 3 is 2.69 bits per heavy atom. The number of hydrogen-bond acceptors (Lipinski definition) is 4. The second kappa shape index (κ2) is 10.1. The summed E-state index contributed by atoms with van der Waals surface area (Å²) >= 11 is 1.60. The first-order chi connectivity index (χ1) is 12.5. The number of guanidine groups is 1. The summed E-state index contributed by atoms with van der Waals surface area (Å²) in [4.78, 5) is 9.03. The number of alkyl halides is 2. The third-order valence-electron chi connectivity index (χ3n) is 3.51. The molecule has 0 radical (unpaired) electrons. The minimum Gasteiger partial charge on any atom is -0.434 e. The van der Waals surface area contributed by atoms with E-state index in [-0.39, 0.29) is 12.3 Å². The Bertz CT molecular complexity index is 719. The van der Waals surface area contributed by atoms with Gasteiger partial charge in [0.25, 0.3) is 0 Å². The van der Waals surface area contributed by atoms with Gasteiger partial charge in [-0.15, -0.1) is 11.3 Å². The van der Waals surface area contributed by atoms with Crippen LogP contribution in [0.15, 0.2) is 34.6 Å². The highest BCUT2D eigenvalue weighted by atomic mass is 32.1. The van der Waals surface area contributed by atoms with Crippen molar-refractivity contribution >= 4 is 17.3 Å². The average Bonchev–Trinajstić information content (AvgIpc) is 3.07. The molecule has 0 aliphatic carbocycles. The lowest BCUT2D eigenvalue weighted by atomic mass is 10.2. The summed E-state index contributed by atoms with van der Waals surface area (Å²) in [5.74, 6) is 1.14. The lowest BCUT2D eigenvalue weighted by Gasteiger charge is -2.12.